The van der Waals surface area contributed by atoms with Gasteiger partial charge in [0.2, 0.25) is 11.8 Å². The number of nitrogens with zero attached hydrogens (tertiary/aromatic N) is 3. The number of amides is 2. The third kappa shape index (κ3) is 3.03. The van der Waals surface area contributed by atoms with Gasteiger partial charge in [0.1, 0.15) is 11.0 Å². The predicted octanol–water partition coefficient (Wildman–Crippen LogP) is 2.34. The molecule has 1 aromatic heterocycles. The predicted molar refractivity (Wildman–Crippen MR) is 87.5 cm³/mol. The summed E-state index contributed by atoms with van der Waals surface area (Å²) in [5.74, 6) is -0.482. The minimum Gasteiger partial charge on any atom is -0.324 e. The lowest BCUT2D eigenvalue weighted by Gasteiger charge is -2.10. The maximum Gasteiger partial charge on any atom is 0.221 e. The van der Waals surface area contributed by atoms with Crippen LogP contribution >= 0.6 is 0 Å². The molecule has 116 valence electrons. The van der Waals surface area contributed by atoms with Crippen molar-refractivity contribution in [3.63, 3.8) is 0 Å². The number of carbonyl (C=O) groups excluding carboxylic acids is 2. The van der Waals surface area contributed by atoms with Gasteiger partial charge >= 0.3 is 0 Å². The molecule has 0 spiro atoms. The molecule has 7 nitrogen and oxygen atoms in total. The molecule has 2 aromatic carbocycles. The van der Waals surface area contributed by atoms with Crippen LogP contribution in [0, 0.1) is 0 Å². The van der Waals surface area contributed by atoms with Gasteiger partial charge in [0.25, 0.3) is 0 Å². The maximum absolute atomic E-state index is 11.5. The molecule has 1 heterocycles. The molecular formula is C16H15N5O2. The number of fused-ring (bicyclic) bond motifs is 1. The highest BCUT2D eigenvalue weighted by Crippen LogP contribution is 2.30. The molecule has 0 atom stereocenters. The van der Waals surface area contributed by atoms with E-state index in [1.165, 1.54) is 18.6 Å². The van der Waals surface area contributed by atoms with Crippen molar-refractivity contribution >= 4 is 34.2 Å². The largest absolute Gasteiger partial charge is 0.324 e. The van der Waals surface area contributed by atoms with Crippen LogP contribution in [0.5, 0.6) is 0 Å². The Labute approximate surface area is 132 Å². The van der Waals surface area contributed by atoms with Gasteiger partial charge in [0.15, 0.2) is 0 Å². The van der Waals surface area contributed by atoms with Crippen molar-refractivity contribution in [2.75, 3.05) is 10.6 Å². The van der Waals surface area contributed by atoms with Crippen LogP contribution in [0.3, 0.4) is 0 Å². The summed E-state index contributed by atoms with van der Waals surface area (Å²) in [6.07, 6.45) is 0. The summed E-state index contributed by atoms with van der Waals surface area (Å²) in [7, 11) is 0. The minimum atomic E-state index is -0.252. The molecule has 0 aliphatic rings. The lowest BCUT2D eigenvalue weighted by molar-refractivity contribution is -0.115. The Morgan fingerprint density at radius 2 is 1.61 bits per heavy atom. The molecule has 0 radical (unpaired) electrons. The fraction of sp³-hybridized carbons (Fsp3) is 0.125. The standard InChI is InChI=1S/C16H15N5O2/c1-10(22)17-13-8-9-14-16(15(13)18-11(2)23)20-21(19-14)12-6-4-3-5-7-12/h3-9H,1-2H3,(H,17,22)(H,18,23). The van der Waals surface area contributed by atoms with E-state index in [1.54, 1.807) is 12.1 Å². The Kier molecular flexibility index (Phi) is 3.76. The fourth-order valence-corrected chi connectivity index (χ4v) is 2.25. The average molecular weight is 309 g/mol. The van der Waals surface area contributed by atoms with E-state index in [2.05, 4.69) is 20.8 Å². The summed E-state index contributed by atoms with van der Waals surface area (Å²) in [5.41, 5.74) is 2.85. The van der Waals surface area contributed by atoms with Gasteiger partial charge in [-0.1, -0.05) is 18.2 Å². The molecular weight excluding hydrogens is 294 g/mol. The molecule has 2 amide bonds. The molecule has 0 aliphatic heterocycles. The second kappa shape index (κ2) is 5.88. The molecule has 0 unspecified atom stereocenters. The molecule has 3 aromatic rings. The van der Waals surface area contributed by atoms with Gasteiger partial charge in [-0.3, -0.25) is 9.59 Å². The molecule has 3 rings (SSSR count). The summed E-state index contributed by atoms with van der Waals surface area (Å²) in [6.45, 7) is 2.81. The SMILES string of the molecule is CC(=O)Nc1ccc2nn(-c3ccccc3)nc2c1NC(C)=O. The highest BCUT2D eigenvalue weighted by molar-refractivity contribution is 6.07. The summed E-state index contributed by atoms with van der Waals surface area (Å²) in [4.78, 5) is 24.3. The molecule has 0 fully saturated rings. The van der Waals surface area contributed by atoms with Crippen LogP contribution in [0.4, 0.5) is 11.4 Å². The van der Waals surface area contributed by atoms with Crippen molar-refractivity contribution < 1.29 is 9.59 Å². The Morgan fingerprint density at radius 1 is 0.913 bits per heavy atom. The Hall–Kier alpha value is -3.22. The van der Waals surface area contributed by atoms with Gasteiger partial charge in [0.05, 0.1) is 17.1 Å². The molecule has 23 heavy (non-hydrogen) atoms. The number of carbonyl (C=O) groups is 2. The van der Waals surface area contributed by atoms with Crippen molar-refractivity contribution in [1.29, 1.82) is 0 Å². The summed E-state index contributed by atoms with van der Waals surface area (Å²) < 4.78 is 0. The number of hydrogen-bond donors (Lipinski definition) is 2. The second-order valence-electron chi connectivity index (χ2n) is 5.04. The Bertz CT molecular complexity index is 886. The zero-order valence-electron chi connectivity index (χ0n) is 12.7. The first-order chi connectivity index (χ1) is 11.0. The van der Waals surface area contributed by atoms with Gasteiger partial charge in [-0.05, 0) is 24.3 Å². The Morgan fingerprint density at radius 3 is 2.26 bits per heavy atom. The zero-order chi connectivity index (χ0) is 16.4. The van der Waals surface area contributed by atoms with Gasteiger partial charge in [0, 0.05) is 13.8 Å². The van der Waals surface area contributed by atoms with E-state index in [0.29, 0.717) is 22.4 Å². The molecule has 2 N–H and O–H groups in total. The van der Waals surface area contributed by atoms with Gasteiger partial charge in [-0.25, -0.2) is 0 Å². The van der Waals surface area contributed by atoms with Crippen molar-refractivity contribution in [3.05, 3.63) is 42.5 Å². The summed E-state index contributed by atoms with van der Waals surface area (Å²) >= 11 is 0. The number of aromatic nitrogens is 3. The molecule has 7 heteroatoms. The highest BCUT2D eigenvalue weighted by atomic mass is 16.2. The highest BCUT2D eigenvalue weighted by Gasteiger charge is 2.15. The number of hydrogen-bond acceptors (Lipinski definition) is 4. The van der Waals surface area contributed by atoms with Gasteiger partial charge in [-0.15, -0.1) is 10.2 Å². The van der Waals surface area contributed by atoms with Crippen LogP contribution in [0.15, 0.2) is 42.5 Å². The summed E-state index contributed by atoms with van der Waals surface area (Å²) in [6, 6.07) is 12.9. The van der Waals surface area contributed by atoms with Gasteiger partial charge in [-0.2, -0.15) is 4.80 Å². The normalized spacial score (nSPS) is 10.5. The number of benzene rings is 2. The zero-order valence-corrected chi connectivity index (χ0v) is 12.7. The van der Waals surface area contributed by atoms with Crippen molar-refractivity contribution in [2.24, 2.45) is 0 Å². The van der Waals surface area contributed by atoms with E-state index in [4.69, 9.17) is 0 Å². The van der Waals surface area contributed by atoms with E-state index in [1.807, 2.05) is 30.3 Å². The topological polar surface area (TPSA) is 88.9 Å². The van der Waals surface area contributed by atoms with Crippen LogP contribution in [0.25, 0.3) is 16.7 Å². The molecule has 0 saturated carbocycles. The van der Waals surface area contributed by atoms with Crippen LogP contribution < -0.4 is 10.6 Å². The monoisotopic (exact) mass is 309 g/mol. The number of anilines is 2. The maximum atomic E-state index is 11.5. The van der Waals surface area contributed by atoms with Crippen molar-refractivity contribution in [2.45, 2.75) is 13.8 Å². The quantitative estimate of drug-likeness (QED) is 0.777. The summed E-state index contributed by atoms with van der Waals surface area (Å²) in [5, 5.41) is 14.3. The number of nitrogens with one attached hydrogen (secondary N) is 2. The van der Waals surface area contributed by atoms with Crippen molar-refractivity contribution in [3.8, 4) is 5.69 Å². The smallest absolute Gasteiger partial charge is 0.221 e. The second-order valence-corrected chi connectivity index (χ2v) is 5.04. The van der Waals surface area contributed by atoms with E-state index in [9.17, 15) is 9.59 Å². The average Bonchev–Trinajstić information content (AvgIpc) is 2.94. The van der Waals surface area contributed by atoms with Crippen LogP contribution in [0.1, 0.15) is 13.8 Å². The van der Waals surface area contributed by atoms with Crippen LogP contribution in [-0.2, 0) is 9.59 Å². The third-order valence-corrected chi connectivity index (χ3v) is 3.15. The molecule has 0 bridgehead atoms. The van der Waals surface area contributed by atoms with E-state index in [-0.39, 0.29) is 11.8 Å². The lowest BCUT2D eigenvalue weighted by Crippen LogP contribution is -2.12. The molecule has 0 saturated heterocycles. The number of para-hydroxylation sites is 1. The van der Waals surface area contributed by atoms with Gasteiger partial charge < -0.3 is 10.6 Å². The van der Waals surface area contributed by atoms with Crippen LogP contribution in [-0.4, -0.2) is 26.8 Å². The first-order valence-corrected chi connectivity index (χ1v) is 7.05. The third-order valence-electron chi connectivity index (χ3n) is 3.15. The fourth-order valence-electron chi connectivity index (χ4n) is 2.25. The van der Waals surface area contributed by atoms with E-state index in [0.717, 1.165) is 5.69 Å². The Balaban J connectivity index is 2.17. The molecule has 0 aliphatic carbocycles. The van der Waals surface area contributed by atoms with Crippen LogP contribution in [0.2, 0.25) is 0 Å². The minimum absolute atomic E-state index is 0.230. The lowest BCUT2D eigenvalue weighted by atomic mass is 10.2. The van der Waals surface area contributed by atoms with Crippen molar-refractivity contribution in [1.82, 2.24) is 15.0 Å². The van der Waals surface area contributed by atoms with E-state index >= 15 is 0 Å². The van der Waals surface area contributed by atoms with E-state index < -0.39 is 0 Å². The first-order valence-electron chi connectivity index (χ1n) is 7.05. The number of rotatable bonds is 3. The first kappa shape index (κ1) is 14.7.